The fourth-order valence-corrected chi connectivity index (χ4v) is 2.87. The van der Waals surface area contributed by atoms with Crippen molar-refractivity contribution in [3.63, 3.8) is 0 Å². The van der Waals surface area contributed by atoms with Crippen LogP contribution in [0.5, 0.6) is 5.75 Å². The van der Waals surface area contributed by atoms with Crippen LogP contribution in [-0.2, 0) is 14.3 Å². The van der Waals surface area contributed by atoms with Gasteiger partial charge in [0.15, 0.2) is 0 Å². The standard InChI is InChI=1S/C18H26N2O4/c1-13(21)19-16(14-5-7-15(23-4)8-6-14)11-17(22)20-9-10-24-18(2,3)12-20/h5-8,16H,9-12H2,1-4H3,(H,19,21). The Kier molecular flexibility index (Phi) is 5.83. The fraction of sp³-hybridized carbons (Fsp3) is 0.556. The minimum atomic E-state index is -0.355. The normalized spacial score (nSPS) is 17.9. The molecule has 1 saturated heterocycles. The van der Waals surface area contributed by atoms with Crippen LogP contribution in [0, 0.1) is 0 Å². The zero-order chi connectivity index (χ0) is 17.7. The lowest BCUT2D eigenvalue weighted by Gasteiger charge is -2.38. The number of benzene rings is 1. The van der Waals surface area contributed by atoms with Crippen molar-refractivity contribution in [2.75, 3.05) is 26.8 Å². The van der Waals surface area contributed by atoms with E-state index in [0.29, 0.717) is 19.7 Å². The van der Waals surface area contributed by atoms with Gasteiger partial charge < -0.3 is 19.7 Å². The average molecular weight is 334 g/mol. The van der Waals surface area contributed by atoms with Crippen LogP contribution in [0.1, 0.15) is 38.8 Å². The van der Waals surface area contributed by atoms with Crippen molar-refractivity contribution in [2.45, 2.75) is 38.8 Å². The fourth-order valence-electron chi connectivity index (χ4n) is 2.87. The molecule has 1 fully saturated rings. The smallest absolute Gasteiger partial charge is 0.225 e. The van der Waals surface area contributed by atoms with Crippen molar-refractivity contribution in [1.29, 1.82) is 0 Å². The maximum Gasteiger partial charge on any atom is 0.225 e. The van der Waals surface area contributed by atoms with Gasteiger partial charge in [0.05, 0.1) is 31.8 Å². The SMILES string of the molecule is COc1ccc(C(CC(=O)N2CCOC(C)(C)C2)NC(C)=O)cc1. The molecule has 6 nitrogen and oxygen atoms in total. The number of amides is 2. The molecule has 1 aromatic rings. The molecule has 24 heavy (non-hydrogen) atoms. The van der Waals surface area contributed by atoms with Crippen molar-refractivity contribution in [2.24, 2.45) is 0 Å². The molecule has 0 radical (unpaired) electrons. The topological polar surface area (TPSA) is 67.9 Å². The number of hydrogen-bond donors (Lipinski definition) is 1. The highest BCUT2D eigenvalue weighted by Gasteiger charge is 2.31. The molecule has 0 aliphatic carbocycles. The summed E-state index contributed by atoms with van der Waals surface area (Å²) in [5.74, 6) is 0.591. The summed E-state index contributed by atoms with van der Waals surface area (Å²) in [6.07, 6.45) is 0.224. The minimum absolute atomic E-state index is 0.0148. The van der Waals surface area contributed by atoms with Crippen LogP contribution in [0.25, 0.3) is 0 Å². The first kappa shape index (κ1) is 18.3. The molecule has 1 heterocycles. The maximum absolute atomic E-state index is 12.7. The molecule has 1 aromatic carbocycles. The Bertz CT molecular complexity index is 583. The van der Waals surface area contributed by atoms with Crippen LogP contribution in [0.2, 0.25) is 0 Å². The Labute approximate surface area is 143 Å². The van der Waals surface area contributed by atoms with Gasteiger partial charge in [0.2, 0.25) is 11.8 Å². The zero-order valence-electron chi connectivity index (χ0n) is 14.8. The molecule has 1 aliphatic heterocycles. The lowest BCUT2D eigenvalue weighted by molar-refractivity contribution is -0.146. The van der Waals surface area contributed by atoms with Crippen LogP contribution >= 0.6 is 0 Å². The summed E-state index contributed by atoms with van der Waals surface area (Å²) in [7, 11) is 1.60. The Morgan fingerprint density at radius 3 is 2.54 bits per heavy atom. The summed E-state index contributed by atoms with van der Waals surface area (Å²) in [6.45, 7) is 7.08. The van der Waals surface area contributed by atoms with Gasteiger partial charge in [0.25, 0.3) is 0 Å². The molecule has 6 heteroatoms. The summed E-state index contributed by atoms with van der Waals surface area (Å²) in [5.41, 5.74) is 0.546. The second kappa shape index (κ2) is 7.66. The summed E-state index contributed by atoms with van der Waals surface area (Å²) in [5, 5.41) is 2.87. The highest BCUT2D eigenvalue weighted by atomic mass is 16.5. The molecule has 132 valence electrons. The van der Waals surface area contributed by atoms with E-state index in [1.807, 2.05) is 43.0 Å². The van der Waals surface area contributed by atoms with Gasteiger partial charge >= 0.3 is 0 Å². The van der Waals surface area contributed by atoms with E-state index in [1.165, 1.54) is 6.92 Å². The number of carbonyl (C=O) groups is 2. The lowest BCUT2D eigenvalue weighted by Crippen LogP contribution is -2.51. The van der Waals surface area contributed by atoms with Gasteiger partial charge in [0, 0.05) is 20.0 Å². The van der Waals surface area contributed by atoms with Crippen LogP contribution in [0.4, 0.5) is 0 Å². The number of nitrogens with one attached hydrogen (secondary N) is 1. The number of ether oxygens (including phenoxy) is 2. The highest BCUT2D eigenvalue weighted by Crippen LogP contribution is 2.23. The first-order valence-electron chi connectivity index (χ1n) is 8.13. The summed E-state index contributed by atoms with van der Waals surface area (Å²) >= 11 is 0. The van der Waals surface area contributed by atoms with Crippen molar-refractivity contribution < 1.29 is 19.1 Å². The molecule has 0 bridgehead atoms. The summed E-state index contributed by atoms with van der Waals surface area (Å²) in [4.78, 5) is 26.0. The Balaban J connectivity index is 2.10. The van der Waals surface area contributed by atoms with Crippen LogP contribution < -0.4 is 10.1 Å². The van der Waals surface area contributed by atoms with E-state index in [2.05, 4.69) is 5.32 Å². The van der Waals surface area contributed by atoms with E-state index in [4.69, 9.17) is 9.47 Å². The molecular formula is C18H26N2O4. The molecule has 2 rings (SSSR count). The molecule has 1 aliphatic rings. The van der Waals surface area contributed by atoms with Gasteiger partial charge in [-0.15, -0.1) is 0 Å². The number of hydrogen-bond acceptors (Lipinski definition) is 4. The quantitative estimate of drug-likeness (QED) is 0.893. The first-order valence-corrected chi connectivity index (χ1v) is 8.13. The minimum Gasteiger partial charge on any atom is -0.497 e. The number of morpholine rings is 1. The number of nitrogens with zero attached hydrogens (tertiary/aromatic N) is 1. The third-order valence-corrected chi connectivity index (χ3v) is 4.05. The van der Waals surface area contributed by atoms with E-state index in [1.54, 1.807) is 7.11 Å². The van der Waals surface area contributed by atoms with E-state index >= 15 is 0 Å². The van der Waals surface area contributed by atoms with Gasteiger partial charge in [-0.3, -0.25) is 9.59 Å². The van der Waals surface area contributed by atoms with Crippen molar-refractivity contribution >= 4 is 11.8 Å². The number of methoxy groups -OCH3 is 1. The van der Waals surface area contributed by atoms with Crippen molar-refractivity contribution in [3.05, 3.63) is 29.8 Å². The van der Waals surface area contributed by atoms with Gasteiger partial charge in [-0.25, -0.2) is 0 Å². The lowest BCUT2D eigenvalue weighted by atomic mass is 10.0. The molecule has 0 spiro atoms. The Hall–Kier alpha value is -2.08. The van der Waals surface area contributed by atoms with E-state index in [0.717, 1.165) is 11.3 Å². The van der Waals surface area contributed by atoms with Crippen molar-refractivity contribution in [3.8, 4) is 5.75 Å². The molecule has 2 amide bonds. The first-order chi connectivity index (χ1) is 11.3. The molecule has 1 N–H and O–H groups in total. The van der Waals surface area contributed by atoms with Crippen LogP contribution in [0.15, 0.2) is 24.3 Å². The Morgan fingerprint density at radius 2 is 2.00 bits per heavy atom. The highest BCUT2D eigenvalue weighted by molar-refractivity contribution is 5.79. The predicted molar refractivity (Wildman–Crippen MR) is 90.8 cm³/mol. The monoisotopic (exact) mass is 334 g/mol. The molecule has 0 aromatic heterocycles. The van der Waals surface area contributed by atoms with Crippen molar-refractivity contribution in [1.82, 2.24) is 10.2 Å². The Morgan fingerprint density at radius 1 is 1.33 bits per heavy atom. The molecule has 0 saturated carbocycles. The van der Waals surface area contributed by atoms with E-state index < -0.39 is 0 Å². The van der Waals surface area contributed by atoms with Gasteiger partial charge in [-0.05, 0) is 31.5 Å². The second-order valence-corrected chi connectivity index (χ2v) is 6.65. The van der Waals surface area contributed by atoms with Gasteiger partial charge in [0.1, 0.15) is 5.75 Å². The zero-order valence-corrected chi connectivity index (χ0v) is 14.8. The average Bonchev–Trinajstić information content (AvgIpc) is 2.53. The maximum atomic E-state index is 12.7. The predicted octanol–water partition coefficient (Wildman–Crippen LogP) is 1.90. The molecular weight excluding hydrogens is 308 g/mol. The largest absolute Gasteiger partial charge is 0.497 e. The van der Waals surface area contributed by atoms with E-state index in [-0.39, 0.29) is 29.9 Å². The number of carbonyl (C=O) groups excluding carboxylic acids is 2. The van der Waals surface area contributed by atoms with E-state index in [9.17, 15) is 9.59 Å². The molecule has 1 atom stereocenters. The van der Waals surface area contributed by atoms with Crippen LogP contribution in [0.3, 0.4) is 0 Å². The summed E-state index contributed by atoms with van der Waals surface area (Å²) in [6, 6.07) is 7.04. The third-order valence-electron chi connectivity index (χ3n) is 4.05. The van der Waals surface area contributed by atoms with Gasteiger partial charge in [-0.2, -0.15) is 0 Å². The third kappa shape index (κ3) is 4.96. The number of rotatable bonds is 5. The van der Waals surface area contributed by atoms with Crippen LogP contribution in [-0.4, -0.2) is 49.1 Å². The molecule has 1 unspecified atom stereocenters. The summed E-state index contributed by atoms with van der Waals surface area (Å²) < 4.78 is 10.8. The second-order valence-electron chi connectivity index (χ2n) is 6.65. The van der Waals surface area contributed by atoms with Gasteiger partial charge in [-0.1, -0.05) is 12.1 Å².